The van der Waals surface area contributed by atoms with Crippen LogP contribution in [0.4, 0.5) is 13.2 Å². The number of carbonyl (C=O) groups excluding carboxylic acids is 1. The lowest BCUT2D eigenvalue weighted by Gasteiger charge is -2.26. The molecule has 0 aromatic heterocycles. The van der Waals surface area contributed by atoms with Crippen LogP contribution in [-0.2, 0) is 16.1 Å². The third-order valence-electron chi connectivity index (χ3n) is 4.90. The van der Waals surface area contributed by atoms with Gasteiger partial charge in [0, 0.05) is 0 Å². The Morgan fingerprint density at radius 1 is 1.09 bits per heavy atom. The van der Waals surface area contributed by atoms with E-state index >= 15 is 0 Å². The Kier molecular flexibility index (Phi) is 7.25. The third kappa shape index (κ3) is 5.51. The van der Waals surface area contributed by atoms with E-state index in [0.717, 1.165) is 11.6 Å². The van der Waals surface area contributed by atoms with Gasteiger partial charge in [-0.25, -0.2) is 0 Å². The number of hydrogen-bond donors (Lipinski definition) is 0. The van der Waals surface area contributed by atoms with Crippen LogP contribution >= 0.6 is 0 Å². The summed E-state index contributed by atoms with van der Waals surface area (Å²) < 4.78 is 46.3. The molecule has 2 aromatic rings. The lowest BCUT2D eigenvalue weighted by molar-refractivity contribution is -0.166. The van der Waals surface area contributed by atoms with Gasteiger partial charge in [0.1, 0.15) is 18.1 Å². The van der Waals surface area contributed by atoms with Gasteiger partial charge in [-0.1, -0.05) is 47.3 Å². The van der Waals surface area contributed by atoms with Crippen molar-refractivity contribution in [2.45, 2.75) is 19.7 Å². The van der Waals surface area contributed by atoms with Gasteiger partial charge in [0.05, 0.1) is 18.2 Å². The quantitative estimate of drug-likeness (QED) is 0.575. The van der Waals surface area contributed by atoms with Crippen LogP contribution < -0.4 is 0 Å². The summed E-state index contributed by atoms with van der Waals surface area (Å²) in [6.07, 6.45) is -3.91. The van der Waals surface area contributed by atoms with Crippen molar-refractivity contribution in [3.8, 4) is 12.1 Å². The molecule has 7 heteroatoms. The summed E-state index contributed by atoms with van der Waals surface area (Å²) >= 11 is 0. The molecular weight excluding hydrogens is 417 g/mol. The summed E-state index contributed by atoms with van der Waals surface area (Å²) in [5.41, 5.74) is 1.57. The normalized spacial score (nSPS) is 16.2. The summed E-state index contributed by atoms with van der Waals surface area (Å²) in [6, 6.07) is 20.4. The van der Waals surface area contributed by atoms with Crippen molar-refractivity contribution >= 4 is 11.4 Å². The Labute approximate surface area is 184 Å². The van der Waals surface area contributed by atoms with Crippen LogP contribution in [0.3, 0.4) is 0 Å². The van der Waals surface area contributed by atoms with Crippen molar-refractivity contribution in [2.24, 2.45) is 5.92 Å². The first kappa shape index (κ1) is 23.0. The second-order valence-electron chi connectivity index (χ2n) is 7.21. The second kappa shape index (κ2) is 10.1. The zero-order valence-electron chi connectivity index (χ0n) is 17.3. The van der Waals surface area contributed by atoms with E-state index in [1.165, 1.54) is 19.1 Å². The number of hydrogen-bond acceptors (Lipinski definition) is 3. The molecule has 0 saturated heterocycles. The van der Waals surface area contributed by atoms with Gasteiger partial charge in [0.2, 0.25) is 0 Å². The van der Waals surface area contributed by atoms with Crippen molar-refractivity contribution in [2.75, 3.05) is 13.2 Å². The molecule has 1 aliphatic carbocycles. The fourth-order valence-electron chi connectivity index (χ4n) is 3.40. The van der Waals surface area contributed by atoms with Crippen LogP contribution in [0.1, 0.15) is 23.6 Å². The molecule has 0 spiro atoms. The molecule has 1 unspecified atom stereocenters. The molecule has 2 aromatic carbocycles. The maximum Gasteiger partial charge on any atom is 0.402 e. The summed E-state index contributed by atoms with van der Waals surface area (Å²) in [4.78, 5) is 16.2. The molecule has 0 fully saturated rings. The maximum atomic E-state index is 13.6. The molecule has 0 bridgehead atoms. The number of benzene rings is 2. The maximum absolute atomic E-state index is 13.6. The average Bonchev–Trinajstić information content (AvgIpc) is 2.76. The van der Waals surface area contributed by atoms with E-state index in [4.69, 9.17) is 4.74 Å². The lowest BCUT2D eigenvalue weighted by Crippen LogP contribution is -2.33. The van der Waals surface area contributed by atoms with E-state index in [1.54, 1.807) is 12.1 Å². The first-order valence-electron chi connectivity index (χ1n) is 9.89. The molecule has 4 nitrogen and oxygen atoms in total. The minimum Gasteiger partial charge on any atom is -0.369 e. The van der Waals surface area contributed by atoms with Gasteiger partial charge in [-0.3, -0.25) is 4.79 Å². The van der Waals surface area contributed by atoms with Crippen LogP contribution in [0.5, 0.6) is 0 Å². The van der Waals surface area contributed by atoms with Gasteiger partial charge >= 0.3 is 12.2 Å². The smallest absolute Gasteiger partial charge is 0.369 e. The van der Waals surface area contributed by atoms with Gasteiger partial charge in [0.15, 0.2) is 5.78 Å². The number of rotatable bonds is 5. The molecule has 0 N–H and O–H groups in total. The largest absolute Gasteiger partial charge is 0.402 e. The molecule has 1 atom stereocenters. The van der Waals surface area contributed by atoms with Crippen LogP contribution in [-0.4, -0.2) is 25.1 Å². The highest BCUT2D eigenvalue weighted by molar-refractivity contribution is 6.06. The van der Waals surface area contributed by atoms with Crippen molar-refractivity contribution in [3.63, 3.8) is 0 Å². The second-order valence-corrected chi connectivity index (χ2v) is 7.21. The molecule has 32 heavy (non-hydrogen) atoms. The standard InChI is InChI=1S/C25H20F3N2O2/c1-17-13-22(31)24(25(26,27)28)23(21(17)14-29)20-9-7-18(8-10-20)15-30-11-12-32-16-19-5-3-2-4-6-19/h2-10,13,24H,11-12,16H2,1H3/q+1. The Morgan fingerprint density at radius 3 is 2.41 bits per heavy atom. The predicted molar refractivity (Wildman–Crippen MR) is 115 cm³/mol. The Balaban J connectivity index is 1.70. The first-order valence-corrected chi connectivity index (χ1v) is 9.89. The molecular formula is C25H20F3N2O2+. The Bertz CT molecular complexity index is 1150. The molecule has 0 aliphatic heterocycles. The van der Waals surface area contributed by atoms with Gasteiger partial charge in [0.25, 0.3) is 6.54 Å². The SMILES string of the molecule is CC1=CC(=O)C(C(F)(F)F)C(c2ccc(C#[N+]CCOCc3ccccc3)cc2)=C1C#N. The monoisotopic (exact) mass is 437 g/mol. The number of ketones is 1. The van der Waals surface area contributed by atoms with E-state index in [2.05, 4.69) is 10.9 Å². The fourth-order valence-corrected chi connectivity index (χ4v) is 3.40. The Hall–Kier alpha value is -3.68. The average molecular weight is 437 g/mol. The molecule has 162 valence electrons. The van der Waals surface area contributed by atoms with Crippen molar-refractivity contribution in [1.29, 1.82) is 5.26 Å². The zero-order chi connectivity index (χ0) is 23.1. The molecule has 3 rings (SSSR count). The Morgan fingerprint density at radius 2 is 1.78 bits per heavy atom. The predicted octanol–water partition coefficient (Wildman–Crippen LogP) is 5.57. The van der Waals surface area contributed by atoms with E-state index in [-0.39, 0.29) is 22.3 Å². The van der Waals surface area contributed by atoms with E-state index in [0.29, 0.717) is 25.3 Å². The summed E-state index contributed by atoms with van der Waals surface area (Å²) in [5.74, 6) is -3.43. The topological polar surface area (TPSA) is 54.5 Å². The van der Waals surface area contributed by atoms with Gasteiger partial charge in [-0.2, -0.15) is 18.4 Å². The van der Waals surface area contributed by atoms with Gasteiger partial charge in [-0.05, 0) is 47.4 Å². The summed E-state index contributed by atoms with van der Waals surface area (Å²) in [7, 11) is 0. The van der Waals surface area contributed by atoms with Crippen LogP contribution in [0.25, 0.3) is 10.4 Å². The molecule has 0 saturated carbocycles. The fraction of sp³-hybridized carbons (Fsp3) is 0.240. The number of ether oxygens (including phenoxy) is 1. The van der Waals surface area contributed by atoms with Crippen LogP contribution in [0.15, 0.2) is 71.8 Å². The minimum absolute atomic E-state index is 0.132. The summed E-state index contributed by atoms with van der Waals surface area (Å²) in [6.45, 7) is 2.72. The zero-order valence-corrected chi connectivity index (χ0v) is 17.3. The highest BCUT2D eigenvalue weighted by Gasteiger charge is 2.49. The van der Waals surface area contributed by atoms with E-state index < -0.39 is 17.9 Å². The summed E-state index contributed by atoms with van der Waals surface area (Å²) in [5, 5.41) is 9.41. The minimum atomic E-state index is -4.79. The highest BCUT2D eigenvalue weighted by Crippen LogP contribution is 2.43. The highest BCUT2D eigenvalue weighted by atomic mass is 19.4. The van der Waals surface area contributed by atoms with Gasteiger partial charge < -0.3 is 4.74 Å². The first-order chi connectivity index (χ1) is 15.3. The van der Waals surface area contributed by atoms with Crippen LogP contribution in [0, 0.1) is 23.3 Å². The number of alkyl halides is 3. The van der Waals surface area contributed by atoms with Crippen molar-refractivity contribution < 1.29 is 22.7 Å². The molecule has 0 radical (unpaired) electrons. The number of nitriles is 1. The van der Waals surface area contributed by atoms with Crippen LogP contribution in [0.2, 0.25) is 0 Å². The van der Waals surface area contributed by atoms with Gasteiger partial charge in [-0.15, -0.1) is 0 Å². The number of carbonyl (C=O) groups is 1. The van der Waals surface area contributed by atoms with Crippen molar-refractivity contribution in [3.05, 3.63) is 93.4 Å². The van der Waals surface area contributed by atoms with Crippen molar-refractivity contribution in [1.82, 2.24) is 0 Å². The lowest BCUT2D eigenvalue weighted by atomic mass is 9.79. The molecule has 1 aliphatic rings. The molecule has 0 amide bonds. The molecule has 0 heterocycles. The van der Waals surface area contributed by atoms with E-state index in [1.807, 2.05) is 36.4 Å². The third-order valence-corrected chi connectivity index (χ3v) is 4.90. The number of allylic oxidation sites excluding steroid dienone is 4. The number of nitrogens with zero attached hydrogens (tertiary/aromatic N) is 2. The number of halogens is 3. The van der Waals surface area contributed by atoms with E-state index in [9.17, 15) is 23.2 Å².